The van der Waals surface area contributed by atoms with Crippen LogP contribution < -0.4 is 19.6 Å². The van der Waals surface area contributed by atoms with Gasteiger partial charge in [0.15, 0.2) is 16.9 Å². The number of benzene rings is 2. The van der Waals surface area contributed by atoms with Gasteiger partial charge in [-0.15, -0.1) is 0 Å². The Hall–Kier alpha value is -3.56. The van der Waals surface area contributed by atoms with Gasteiger partial charge >= 0.3 is 0 Å². The highest BCUT2D eigenvalue weighted by molar-refractivity contribution is 5.99. The van der Waals surface area contributed by atoms with Gasteiger partial charge in [-0.1, -0.05) is 12.1 Å². The number of hydrogen-bond acceptors (Lipinski definition) is 8. The van der Waals surface area contributed by atoms with E-state index >= 15 is 0 Å². The van der Waals surface area contributed by atoms with Crippen LogP contribution in [0.5, 0.6) is 17.2 Å². The number of hydrogen-bond donors (Lipinski definition) is 0. The number of fused-ring (bicyclic) bond motifs is 2. The molecule has 3 aromatic rings. The molecular formula is C26H28N2O7. The molecule has 1 fully saturated rings. The topological polar surface area (TPSA) is 90.7 Å². The Labute approximate surface area is 202 Å². The molecule has 5 rings (SSSR count). The Morgan fingerprint density at radius 3 is 2.29 bits per heavy atom. The molecule has 0 spiro atoms. The quantitative estimate of drug-likeness (QED) is 0.510. The lowest BCUT2D eigenvalue weighted by Crippen LogP contribution is -2.42. The summed E-state index contributed by atoms with van der Waals surface area (Å²) >= 11 is 0. The van der Waals surface area contributed by atoms with Crippen molar-refractivity contribution in [1.82, 2.24) is 9.80 Å². The summed E-state index contributed by atoms with van der Waals surface area (Å²) in [5.74, 6) is 1.10. The maximum atomic E-state index is 13.7. The van der Waals surface area contributed by atoms with Crippen molar-refractivity contribution in [3.05, 3.63) is 63.5 Å². The maximum absolute atomic E-state index is 13.7. The first-order valence-corrected chi connectivity index (χ1v) is 11.5. The summed E-state index contributed by atoms with van der Waals surface area (Å²) in [7, 11) is 4.60. The molecule has 3 heterocycles. The van der Waals surface area contributed by atoms with E-state index in [1.807, 2.05) is 0 Å². The first kappa shape index (κ1) is 23.2. The summed E-state index contributed by atoms with van der Waals surface area (Å²) in [4.78, 5) is 31.3. The molecule has 0 aliphatic carbocycles. The number of nitrogens with zero attached hydrogens (tertiary/aromatic N) is 2. The number of para-hydroxylation sites is 1. The summed E-state index contributed by atoms with van der Waals surface area (Å²) in [6.45, 7) is 3.99. The minimum absolute atomic E-state index is 0.0782. The van der Waals surface area contributed by atoms with E-state index in [4.69, 9.17) is 23.4 Å². The van der Waals surface area contributed by atoms with Gasteiger partial charge in [-0.05, 0) is 29.8 Å². The summed E-state index contributed by atoms with van der Waals surface area (Å²) in [5.41, 5.74) is 1.17. The molecule has 2 aromatic carbocycles. The zero-order chi connectivity index (χ0) is 24.5. The van der Waals surface area contributed by atoms with Gasteiger partial charge in [-0.25, -0.2) is 0 Å². The Bertz CT molecular complexity index is 1290. The molecule has 1 atom stereocenters. The fraction of sp³-hybridized carbons (Fsp3) is 0.385. The van der Waals surface area contributed by atoms with Crippen molar-refractivity contribution in [2.24, 2.45) is 0 Å². The molecule has 9 heteroatoms. The number of ether oxygens (including phenoxy) is 4. The summed E-state index contributed by atoms with van der Waals surface area (Å²) < 4.78 is 28.0. The predicted octanol–water partition coefficient (Wildman–Crippen LogP) is 2.70. The second-order valence-electron chi connectivity index (χ2n) is 8.48. The van der Waals surface area contributed by atoms with Crippen LogP contribution in [0.25, 0.3) is 11.0 Å². The van der Waals surface area contributed by atoms with Crippen molar-refractivity contribution in [1.29, 1.82) is 0 Å². The molecule has 0 radical (unpaired) electrons. The summed E-state index contributed by atoms with van der Waals surface area (Å²) in [6.07, 6.45) is 0. The van der Waals surface area contributed by atoms with E-state index in [1.54, 1.807) is 41.3 Å². The van der Waals surface area contributed by atoms with E-state index in [9.17, 15) is 9.59 Å². The van der Waals surface area contributed by atoms with E-state index in [1.165, 1.54) is 21.3 Å². The van der Waals surface area contributed by atoms with Gasteiger partial charge in [0.05, 0.1) is 51.5 Å². The molecule has 35 heavy (non-hydrogen) atoms. The predicted molar refractivity (Wildman–Crippen MR) is 129 cm³/mol. The van der Waals surface area contributed by atoms with Crippen LogP contribution in [0.1, 0.15) is 27.7 Å². The van der Waals surface area contributed by atoms with Crippen LogP contribution in [-0.2, 0) is 4.74 Å². The van der Waals surface area contributed by atoms with E-state index in [2.05, 4.69) is 4.90 Å². The fourth-order valence-electron chi connectivity index (χ4n) is 4.88. The standard InChI is InChI=1S/C26H28N2O7/c1-31-19-14-16(15-20(32-2)24(19)33-3)22-21-23(29)17-6-4-5-7-18(17)35-25(21)26(30)28(22)9-8-27-10-12-34-13-11-27/h4-7,14-15,22H,8-13H2,1-3H3/t22-/m0/s1. The van der Waals surface area contributed by atoms with E-state index in [0.717, 1.165) is 13.1 Å². The van der Waals surface area contributed by atoms with Gasteiger partial charge in [0.1, 0.15) is 5.58 Å². The normalized spacial score (nSPS) is 18.1. The van der Waals surface area contributed by atoms with Crippen molar-refractivity contribution in [3.63, 3.8) is 0 Å². The van der Waals surface area contributed by atoms with Crippen molar-refractivity contribution >= 4 is 16.9 Å². The molecule has 1 amide bonds. The zero-order valence-corrected chi connectivity index (χ0v) is 20.0. The van der Waals surface area contributed by atoms with Gasteiger partial charge in [-0.2, -0.15) is 0 Å². The van der Waals surface area contributed by atoms with Crippen LogP contribution in [0.3, 0.4) is 0 Å². The fourth-order valence-corrected chi connectivity index (χ4v) is 4.88. The molecule has 1 saturated heterocycles. The zero-order valence-electron chi connectivity index (χ0n) is 20.0. The minimum atomic E-state index is -0.659. The van der Waals surface area contributed by atoms with E-state index < -0.39 is 6.04 Å². The first-order valence-electron chi connectivity index (χ1n) is 11.5. The molecule has 9 nitrogen and oxygen atoms in total. The van der Waals surface area contributed by atoms with E-state index in [-0.39, 0.29) is 17.1 Å². The van der Waals surface area contributed by atoms with E-state index in [0.29, 0.717) is 65.6 Å². The Morgan fingerprint density at radius 2 is 1.63 bits per heavy atom. The smallest absolute Gasteiger partial charge is 0.290 e. The molecule has 2 aliphatic heterocycles. The molecule has 184 valence electrons. The lowest BCUT2D eigenvalue weighted by molar-refractivity contribution is 0.0314. The van der Waals surface area contributed by atoms with Crippen LogP contribution in [-0.4, -0.2) is 76.4 Å². The first-order chi connectivity index (χ1) is 17.1. The van der Waals surface area contributed by atoms with Crippen LogP contribution in [0, 0.1) is 0 Å². The SMILES string of the molecule is COc1cc([C@H]2c3c(oc4ccccc4c3=O)C(=O)N2CCN2CCOCC2)cc(OC)c1OC. The van der Waals surface area contributed by atoms with Gasteiger partial charge in [0, 0.05) is 26.2 Å². The lowest BCUT2D eigenvalue weighted by Gasteiger charge is -2.31. The molecule has 0 N–H and O–H groups in total. The molecule has 0 saturated carbocycles. The summed E-state index contributed by atoms with van der Waals surface area (Å²) in [6, 6.07) is 9.89. The molecule has 2 aliphatic rings. The highest BCUT2D eigenvalue weighted by Crippen LogP contribution is 2.44. The number of carbonyl (C=O) groups is 1. The highest BCUT2D eigenvalue weighted by atomic mass is 16.5. The van der Waals surface area contributed by atoms with Crippen LogP contribution in [0.4, 0.5) is 0 Å². The van der Waals surface area contributed by atoms with Gasteiger partial charge in [-0.3, -0.25) is 14.5 Å². The Morgan fingerprint density at radius 1 is 0.943 bits per heavy atom. The van der Waals surface area contributed by atoms with Gasteiger partial charge in [0.25, 0.3) is 5.91 Å². The molecular weight excluding hydrogens is 452 g/mol. The maximum Gasteiger partial charge on any atom is 0.290 e. The Kier molecular flexibility index (Phi) is 6.36. The van der Waals surface area contributed by atoms with Crippen molar-refractivity contribution < 1.29 is 28.2 Å². The van der Waals surface area contributed by atoms with Gasteiger partial charge < -0.3 is 28.3 Å². The number of rotatable bonds is 7. The minimum Gasteiger partial charge on any atom is -0.493 e. The highest BCUT2D eigenvalue weighted by Gasteiger charge is 2.43. The van der Waals surface area contributed by atoms with Crippen LogP contribution >= 0.6 is 0 Å². The number of amides is 1. The monoisotopic (exact) mass is 480 g/mol. The third-order valence-corrected chi connectivity index (χ3v) is 6.64. The third kappa shape index (κ3) is 4.00. The average molecular weight is 481 g/mol. The molecule has 0 bridgehead atoms. The van der Waals surface area contributed by atoms with Crippen molar-refractivity contribution in [2.45, 2.75) is 6.04 Å². The second kappa shape index (κ2) is 9.59. The Balaban J connectivity index is 1.65. The van der Waals surface area contributed by atoms with Crippen molar-refractivity contribution in [3.8, 4) is 17.2 Å². The third-order valence-electron chi connectivity index (χ3n) is 6.64. The molecule has 0 unspecified atom stereocenters. The number of methoxy groups -OCH3 is 3. The lowest BCUT2D eigenvalue weighted by atomic mass is 9.97. The number of carbonyl (C=O) groups excluding carboxylic acids is 1. The van der Waals surface area contributed by atoms with Crippen LogP contribution in [0.2, 0.25) is 0 Å². The number of morpholine rings is 1. The second-order valence-corrected chi connectivity index (χ2v) is 8.48. The summed E-state index contributed by atoms with van der Waals surface area (Å²) in [5, 5.41) is 0.437. The average Bonchev–Trinajstić information content (AvgIpc) is 3.18. The van der Waals surface area contributed by atoms with Crippen molar-refractivity contribution in [2.75, 3.05) is 60.7 Å². The molecule has 1 aromatic heterocycles. The van der Waals surface area contributed by atoms with Crippen LogP contribution in [0.15, 0.2) is 45.6 Å². The largest absolute Gasteiger partial charge is 0.493 e. The van der Waals surface area contributed by atoms with Gasteiger partial charge in [0.2, 0.25) is 11.5 Å².